The summed E-state index contributed by atoms with van der Waals surface area (Å²) in [5.41, 5.74) is 1.26. The minimum absolute atomic E-state index is 0.0778. The van der Waals surface area contributed by atoms with Gasteiger partial charge in [0.15, 0.2) is 0 Å². The number of benzene rings is 1. The van der Waals surface area contributed by atoms with Crippen molar-refractivity contribution in [3.8, 4) is 0 Å². The van der Waals surface area contributed by atoms with Crippen LogP contribution in [0.25, 0.3) is 0 Å². The van der Waals surface area contributed by atoms with Gasteiger partial charge in [0.1, 0.15) is 5.82 Å². The van der Waals surface area contributed by atoms with Crippen LogP contribution in [0.2, 0.25) is 0 Å². The molecule has 0 fully saturated rings. The molecule has 2 heterocycles. The van der Waals surface area contributed by atoms with Gasteiger partial charge in [-0.15, -0.1) is 0 Å². The van der Waals surface area contributed by atoms with Crippen LogP contribution in [-0.4, -0.2) is 36.5 Å². The molecule has 0 atom stereocenters. The zero-order valence-corrected chi connectivity index (χ0v) is 13.7. The maximum atomic E-state index is 13.7. The smallest absolute Gasteiger partial charge is 0.305 e. The molecule has 0 saturated carbocycles. The Morgan fingerprint density at radius 2 is 1.88 bits per heavy atom. The quantitative estimate of drug-likeness (QED) is 0.673. The van der Waals surface area contributed by atoms with Crippen molar-refractivity contribution >= 4 is 17.6 Å². The largest absolute Gasteiger partial charge is 0.481 e. The van der Waals surface area contributed by atoms with Crippen LogP contribution in [0.3, 0.4) is 0 Å². The topological polar surface area (TPSA) is 102 Å². The van der Waals surface area contributed by atoms with Crippen molar-refractivity contribution in [1.82, 2.24) is 19.6 Å². The summed E-state index contributed by atoms with van der Waals surface area (Å²) in [7, 11) is 0. The number of hydrogen-bond donors (Lipinski definition) is 2. The average molecular weight is 357 g/mol. The number of nitrogens with one attached hydrogen (secondary N) is 1. The van der Waals surface area contributed by atoms with E-state index in [9.17, 15) is 14.0 Å². The fourth-order valence-electron chi connectivity index (χ4n) is 2.33. The first-order valence-corrected chi connectivity index (χ1v) is 7.83. The van der Waals surface area contributed by atoms with Crippen LogP contribution in [0, 0.1) is 5.82 Å². The van der Waals surface area contributed by atoms with Gasteiger partial charge in [-0.1, -0.05) is 18.2 Å². The van der Waals surface area contributed by atoms with Crippen molar-refractivity contribution in [2.45, 2.75) is 19.5 Å². The third kappa shape index (κ3) is 4.32. The lowest BCUT2D eigenvalue weighted by Gasteiger charge is -2.03. The number of aromatic nitrogens is 4. The van der Waals surface area contributed by atoms with E-state index in [0.29, 0.717) is 16.8 Å². The van der Waals surface area contributed by atoms with E-state index in [1.54, 1.807) is 24.4 Å². The summed E-state index contributed by atoms with van der Waals surface area (Å²) < 4.78 is 16.6. The number of nitrogens with zero attached hydrogens (tertiary/aromatic N) is 4. The predicted octanol–water partition coefficient (Wildman–Crippen LogP) is 1.99. The van der Waals surface area contributed by atoms with Crippen molar-refractivity contribution in [2.24, 2.45) is 0 Å². The lowest BCUT2D eigenvalue weighted by atomic mass is 10.2. The highest BCUT2D eigenvalue weighted by Gasteiger charge is 2.11. The molecule has 0 spiro atoms. The molecule has 3 rings (SSSR count). The molecule has 134 valence electrons. The SMILES string of the molecule is O=C(O)CCn1cc(C(=O)Nc2cnn(Cc3ccccc3F)c2)cn1. The van der Waals surface area contributed by atoms with Gasteiger partial charge in [0.25, 0.3) is 5.91 Å². The molecule has 1 aromatic carbocycles. The molecular weight excluding hydrogens is 341 g/mol. The number of carboxylic acid groups (broad SMARTS) is 1. The van der Waals surface area contributed by atoms with Gasteiger partial charge in [-0.3, -0.25) is 19.0 Å². The van der Waals surface area contributed by atoms with E-state index in [2.05, 4.69) is 15.5 Å². The first-order valence-electron chi connectivity index (χ1n) is 7.83. The number of amides is 1. The summed E-state index contributed by atoms with van der Waals surface area (Å²) in [6.45, 7) is 0.429. The van der Waals surface area contributed by atoms with E-state index >= 15 is 0 Å². The van der Waals surface area contributed by atoms with E-state index < -0.39 is 11.9 Å². The lowest BCUT2D eigenvalue weighted by Crippen LogP contribution is -2.11. The van der Waals surface area contributed by atoms with Gasteiger partial charge in [-0.2, -0.15) is 10.2 Å². The van der Waals surface area contributed by atoms with Gasteiger partial charge in [-0.25, -0.2) is 4.39 Å². The Morgan fingerprint density at radius 3 is 2.65 bits per heavy atom. The van der Waals surface area contributed by atoms with Crippen molar-refractivity contribution in [1.29, 1.82) is 0 Å². The summed E-state index contributed by atoms with van der Waals surface area (Å²) in [6, 6.07) is 6.40. The molecule has 0 aliphatic heterocycles. The predicted molar refractivity (Wildman–Crippen MR) is 90.2 cm³/mol. The number of aryl methyl sites for hydroxylation is 1. The minimum Gasteiger partial charge on any atom is -0.481 e. The minimum atomic E-state index is -0.936. The van der Waals surface area contributed by atoms with Crippen molar-refractivity contribution in [3.05, 3.63) is 66.0 Å². The summed E-state index contributed by atoms with van der Waals surface area (Å²) >= 11 is 0. The molecular formula is C17H16FN5O3. The molecule has 0 unspecified atom stereocenters. The maximum absolute atomic E-state index is 13.7. The van der Waals surface area contributed by atoms with E-state index in [0.717, 1.165) is 0 Å². The van der Waals surface area contributed by atoms with Crippen LogP contribution in [-0.2, 0) is 17.9 Å². The number of carbonyl (C=O) groups is 2. The summed E-state index contributed by atoms with van der Waals surface area (Å²) in [4.78, 5) is 22.8. The van der Waals surface area contributed by atoms with Crippen LogP contribution in [0.5, 0.6) is 0 Å². The molecule has 1 amide bonds. The van der Waals surface area contributed by atoms with Gasteiger partial charge in [0, 0.05) is 18.0 Å². The Balaban J connectivity index is 1.61. The number of carboxylic acids is 1. The van der Waals surface area contributed by atoms with Gasteiger partial charge in [0.2, 0.25) is 0 Å². The molecule has 0 radical (unpaired) electrons. The molecule has 0 bridgehead atoms. The fraction of sp³-hybridized carbons (Fsp3) is 0.176. The van der Waals surface area contributed by atoms with Gasteiger partial charge >= 0.3 is 5.97 Å². The highest BCUT2D eigenvalue weighted by atomic mass is 19.1. The monoisotopic (exact) mass is 357 g/mol. The molecule has 0 aliphatic carbocycles. The van der Waals surface area contributed by atoms with E-state index in [1.165, 1.54) is 34.0 Å². The zero-order valence-electron chi connectivity index (χ0n) is 13.7. The van der Waals surface area contributed by atoms with Crippen molar-refractivity contribution in [3.63, 3.8) is 0 Å². The number of aliphatic carboxylic acids is 1. The summed E-state index contributed by atoms with van der Waals surface area (Å²) in [5.74, 6) is -1.65. The molecule has 2 N–H and O–H groups in total. The molecule has 8 nitrogen and oxygen atoms in total. The average Bonchev–Trinajstić information content (AvgIpc) is 3.24. The van der Waals surface area contributed by atoms with Gasteiger partial charge in [-0.05, 0) is 6.07 Å². The highest BCUT2D eigenvalue weighted by molar-refractivity contribution is 6.03. The Morgan fingerprint density at radius 1 is 1.12 bits per heavy atom. The van der Waals surface area contributed by atoms with Crippen LogP contribution >= 0.6 is 0 Å². The first kappa shape index (κ1) is 17.3. The van der Waals surface area contributed by atoms with Gasteiger partial charge < -0.3 is 10.4 Å². The fourth-order valence-corrected chi connectivity index (χ4v) is 2.33. The highest BCUT2D eigenvalue weighted by Crippen LogP contribution is 2.12. The molecule has 2 aromatic heterocycles. The Kier molecular flexibility index (Phi) is 5.07. The Labute approximate surface area is 147 Å². The number of hydrogen-bond acceptors (Lipinski definition) is 4. The second kappa shape index (κ2) is 7.60. The number of halogens is 1. The second-order valence-electron chi connectivity index (χ2n) is 5.61. The van der Waals surface area contributed by atoms with Crippen molar-refractivity contribution in [2.75, 3.05) is 5.32 Å². The third-order valence-electron chi connectivity index (χ3n) is 3.63. The third-order valence-corrected chi connectivity index (χ3v) is 3.63. The Hall–Kier alpha value is -3.49. The number of rotatable bonds is 7. The summed E-state index contributed by atoms with van der Waals surface area (Å²) in [6.07, 6.45) is 5.82. The van der Waals surface area contributed by atoms with E-state index in [-0.39, 0.29) is 25.3 Å². The van der Waals surface area contributed by atoms with E-state index in [4.69, 9.17) is 5.11 Å². The molecule has 0 saturated heterocycles. The normalized spacial score (nSPS) is 10.7. The Bertz CT molecular complexity index is 934. The number of anilines is 1. The number of carbonyl (C=O) groups excluding carboxylic acids is 1. The van der Waals surface area contributed by atoms with Crippen LogP contribution < -0.4 is 5.32 Å². The van der Waals surface area contributed by atoms with Crippen molar-refractivity contribution < 1.29 is 19.1 Å². The summed E-state index contributed by atoms with van der Waals surface area (Å²) in [5, 5.41) is 19.4. The standard InChI is InChI=1S/C17H16FN5O3/c18-15-4-2-1-3-12(15)9-23-11-14(8-20-23)21-17(26)13-7-19-22(10-13)6-5-16(24)25/h1-4,7-8,10-11H,5-6,9H2,(H,21,26)(H,24,25). The maximum Gasteiger partial charge on any atom is 0.305 e. The van der Waals surface area contributed by atoms with Crippen LogP contribution in [0.1, 0.15) is 22.3 Å². The van der Waals surface area contributed by atoms with Crippen LogP contribution in [0.4, 0.5) is 10.1 Å². The first-order chi connectivity index (χ1) is 12.5. The molecule has 26 heavy (non-hydrogen) atoms. The lowest BCUT2D eigenvalue weighted by molar-refractivity contribution is -0.137. The second-order valence-corrected chi connectivity index (χ2v) is 5.61. The van der Waals surface area contributed by atoms with Gasteiger partial charge in [0.05, 0.1) is 43.2 Å². The van der Waals surface area contributed by atoms with Crippen LogP contribution in [0.15, 0.2) is 49.1 Å². The zero-order chi connectivity index (χ0) is 18.5. The molecule has 0 aliphatic rings. The molecule has 9 heteroatoms. The van der Waals surface area contributed by atoms with E-state index in [1.807, 2.05) is 0 Å². The molecule has 3 aromatic rings.